The number of hydrogen-bond acceptors (Lipinski definition) is 7. The first kappa shape index (κ1) is 18.1. The molecule has 0 saturated carbocycles. The van der Waals surface area contributed by atoms with E-state index < -0.39 is 0 Å². The van der Waals surface area contributed by atoms with E-state index in [1.807, 2.05) is 29.6 Å². The van der Waals surface area contributed by atoms with Crippen molar-refractivity contribution in [1.82, 2.24) is 19.0 Å². The molecule has 0 spiro atoms. The van der Waals surface area contributed by atoms with Crippen molar-refractivity contribution in [2.24, 2.45) is 0 Å². The first-order chi connectivity index (χ1) is 13.1. The van der Waals surface area contributed by atoms with Gasteiger partial charge < -0.3 is 5.32 Å². The summed E-state index contributed by atoms with van der Waals surface area (Å²) in [4.78, 5) is 16.9. The highest BCUT2D eigenvalue weighted by molar-refractivity contribution is 9.10. The van der Waals surface area contributed by atoms with E-state index in [-0.39, 0.29) is 11.0 Å². The molecule has 0 radical (unpaired) electrons. The summed E-state index contributed by atoms with van der Waals surface area (Å²) in [6, 6.07) is 13.0. The molecule has 27 heavy (non-hydrogen) atoms. The number of nitrogens with zero attached hydrogens (tertiary/aromatic N) is 3. The maximum atomic E-state index is 12.4. The SMILES string of the molecule is O=C(NC(=S)Nc1nc(-c2ccc(Br)cc2)cs1)c1ccc2nsnc2c1. The Hall–Kier alpha value is -2.27. The second-order valence-corrected chi connectivity index (χ2v) is 8.13. The molecule has 0 aliphatic carbocycles. The van der Waals surface area contributed by atoms with Crippen LogP contribution >= 0.6 is 51.2 Å². The van der Waals surface area contributed by atoms with Crippen LogP contribution in [0.1, 0.15) is 10.4 Å². The van der Waals surface area contributed by atoms with Gasteiger partial charge in [-0.25, -0.2) is 4.98 Å². The molecule has 0 aliphatic heterocycles. The van der Waals surface area contributed by atoms with Gasteiger partial charge in [0.25, 0.3) is 5.91 Å². The molecular formula is C17H10BrN5OS3. The molecule has 0 atom stereocenters. The number of thiocarbonyl (C=S) groups is 1. The monoisotopic (exact) mass is 475 g/mol. The molecule has 10 heteroatoms. The standard InChI is InChI=1S/C17H10BrN5OS3/c18-11-4-1-9(2-5-11)14-8-26-17(19-14)21-16(25)20-15(24)10-3-6-12-13(7-10)23-27-22-12/h1-8H,(H2,19,20,21,24,25). The average molecular weight is 476 g/mol. The van der Waals surface area contributed by atoms with Crippen LogP contribution in [0.5, 0.6) is 0 Å². The molecule has 2 N–H and O–H groups in total. The van der Waals surface area contributed by atoms with Crippen molar-refractivity contribution >= 4 is 78.4 Å². The highest BCUT2D eigenvalue weighted by Crippen LogP contribution is 2.26. The van der Waals surface area contributed by atoms with Crippen LogP contribution in [0.15, 0.2) is 52.3 Å². The predicted octanol–water partition coefficient (Wildman–Crippen LogP) is 4.70. The maximum Gasteiger partial charge on any atom is 0.257 e. The third kappa shape index (κ3) is 4.19. The van der Waals surface area contributed by atoms with E-state index in [0.717, 1.165) is 33.0 Å². The van der Waals surface area contributed by atoms with Gasteiger partial charge in [0, 0.05) is 21.0 Å². The Morgan fingerprint density at radius 1 is 1.07 bits per heavy atom. The van der Waals surface area contributed by atoms with Crippen molar-refractivity contribution in [3.8, 4) is 11.3 Å². The quantitative estimate of drug-likeness (QED) is 0.417. The third-order valence-electron chi connectivity index (χ3n) is 3.61. The molecule has 0 bridgehead atoms. The topological polar surface area (TPSA) is 79.8 Å². The summed E-state index contributed by atoms with van der Waals surface area (Å²) in [5, 5.41) is 8.33. The Kier molecular flexibility index (Phi) is 5.21. The Balaban J connectivity index is 1.41. The number of fused-ring (bicyclic) bond motifs is 1. The van der Waals surface area contributed by atoms with Crippen molar-refractivity contribution in [2.45, 2.75) is 0 Å². The summed E-state index contributed by atoms with van der Waals surface area (Å²) in [5.41, 5.74) is 3.76. The summed E-state index contributed by atoms with van der Waals surface area (Å²) >= 11 is 11.2. The van der Waals surface area contributed by atoms with Gasteiger partial charge in [0.2, 0.25) is 0 Å². The fourth-order valence-corrected chi connectivity index (χ4v) is 4.07. The number of halogens is 1. The Bertz CT molecular complexity index is 1140. The van der Waals surface area contributed by atoms with E-state index in [0.29, 0.717) is 16.2 Å². The molecular weight excluding hydrogens is 466 g/mol. The lowest BCUT2D eigenvalue weighted by Crippen LogP contribution is -2.34. The van der Waals surface area contributed by atoms with Crippen LogP contribution in [0.2, 0.25) is 0 Å². The Morgan fingerprint density at radius 3 is 2.67 bits per heavy atom. The van der Waals surface area contributed by atoms with Crippen molar-refractivity contribution in [1.29, 1.82) is 0 Å². The molecule has 0 saturated heterocycles. The minimum atomic E-state index is -0.313. The first-order valence-corrected chi connectivity index (χ1v) is 10.5. The lowest BCUT2D eigenvalue weighted by atomic mass is 10.2. The maximum absolute atomic E-state index is 12.4. The van der Waals surface area contributed by atoms with Crippen LogP contribution in [-0.2, 0) is 0 Å². The van der Waals surface area contributed by atoms with Crippen molar-refractivity contribution in [3.63, 3.8) is 0 Å². The molecule has 134 valence electrons. The normalized spacial score (nSPS) is 10.7. The van der Waals surface area contributed by atoms with Gasteiger partial charge in [-0.2, -0.15) is 8.75 Å². The van der Waals surface area contributed by atoms with Crippen LogP contribution in [0.4, 0.5) is 5.13 Å². The largest absolute Gasteiger partial charge is 0.308 e. The number of benzene rings is 2. The smallest absolute Gasteiger partial charge is 0.257 e. The Morgan fingerprint density at radius 2 is 1.85 bits per heavy atom. The van der Waals surface area contributed by atoms with Gasteiger partial charge in [-0.15, -0.1) is 11.3 Å². The summed E-state index contributed by atoms with van der Waals surface area (Å²) in [6.07, 6.45) is 0. The molecule has 4 aromatic rings. The summed E-state index contributed by atoms with van der Waals surface area (Å²) in [7, 11) is 0. The van der Waals surface area contributed by atoms with Gasteiger partial charge in [-0.3, -0.25) is 10.1 Å². The van der Waals surface area contributed by atoms with E-state index in [1.165, 1.54) is 11.3 Å². The van der Waals surface area contributed by atoms with Crippen molar-refractivity contribution in [3.05, 3.63) is 57.9 Å². The minimum Gasteiger partial charge on any atom is -0.308 e. The van der Waals surface area contributed by atoms with Gasteiger partial charge >= 0.3 is 0 Å². The zero-order valence-corrected chi connectivity index (χ0v) is 17.5. The fraction of sp³-hybridized carbons (Fsp3) is 0. The fourth-order valence-electron chi connectivity index (χ4n) is 2.31. The third-order valence-corrected chi connectivity index (χ3v) is 5.65. The molecule has 0 unspecified atom stereocenters. The predicted molar refractivity (Wildman–Crippen MR) is 116 cm³/mol. The second-order valence-electron chi connectivity index (χ2n) is 5.42. The van der Waals surface area contributed by atoms with E-state index in [4.69, 9.17) is 12.2 Å². The van der Waals surface area contributed by atoms with Crippen LogP contribution < -0.4 is 10.6 Å². The molecule has 2 aromatic carbocycles. The first-order valence-electron chi connectivity index (χ1n) is 7.64. The van der Waals surface area contributed by atoms with Gasteiger partial charge in [-0.05, 0) is 42.5 Å². The van der Waals surface area contributed by atoms with Crippen LogP contribution in [0, 0.1) is 0 Å². The molecule has 4 rings (SSSR count). The summed E-state index contributed by atoms with van der Waals surface area (Å²) in [6.45, 7) is 0. The van der Waals surface area contributed by atoms with Gasteiger partial charge in [0.15, 0.2) is 10.2 Å². The number of rotatable bonds is 3. The number of carbonyl (C=O) groups is 1. The van der Waals surface area contributed by atoms with Crippen molar-refractivity contribution < 1.29 is 4.79 Å². The van der Waals surface area contributed by atoms with Gasteiger partial charge in [-0.1, -0.05) is 28.1 Å². The minimum absolute atomic E-state index is 0.188. The lowest BCUT2D eigenvalue weighted by molar-refractivity contribution is 0.0978. The molecule has 2 aromatic heterocycles. The average Bonchev–Trinajstić information content (AvgIpc) is 3.30. The van der Waals surface area contributed by atoms with Gasteiger partial charge in [0.1, 0.15) is 11.0 Å². The van der Waals surface area contributed by atoms with E-state index in [2.05, 4.69) is 40.3 Å². The molecule has 1 amide bonds. The summed E-state index contributed by atoms with van der Waals surface area (Å²) < 4.78 is 9.27. The molecule has 2 heterocycles. The van der Waals surface area contributed by atoms with E-state index in [9.17, 15) is 4.79 Å². The van der Waals surface area contributed by atoms with Crippen LogP contribution in [0.3, 0.4) is 0 Å². The van der Waals surface area contributed by atoms with E-state index >= 15 is 0 Å². The Labute approximate surface area is 176 Å². The number of hydrogen-bond donors (Lipinski definition) is 2. The highest BCUT2D eigenvalue weighted by atomic mass is 79.9. The number of anilines is 1. The number of amides is 1. The zero-order valence-electron chi connectivity index (χ0n) is 13.5. The number of nitrogens with one attached hydrogen (secondary N) is 2. The molecule has 0 fully saturated rings. The van der Waals surface area contributed by atoms with Crippen molar-refractivity contribution in [2.75, 3.05) is 5.32 Å². The lowest BCUT2D eigenvalue weighted by Gasteiger charge is -2.07. The zero-order chi connectivity index (χ0) is 18.8. The molecule has 0 aliphatic rings. The molecule has 6 nitrogen and oxygen atoms in total. The number of aromatic nitrogens is 3. The second kappa shape index (κ2) is 7.77. The number of carbonyl (C=O) groups excluding carboxylic acids is 1. The summed E-state index contributed by atoms with van der Waals surface area (Å²) in [5.74, 6) is -0.313. The van der Waals surface area contributed by atoms with Crippen LogP contribution in [-0.4, -0.2) is 24.8 Å². The van der Waals surface area contributed by atoms with E-state index in [1.54, 1.807) is 18.2 Å². The number of thiazole rings is 1. The highest BCUT2D eigenvalue weighted by Gasteiger charge is 2.12. The van der Waals surface area contributed by atoms with Gasteiger partial charge in [0.05, 0.1) is 17.4 Å². The van der Waals surface area contributed by atoms with Crippen LogP contribution in [0.25, 0.3) is 22.3 Å².